The summed E-state index contributed by atoms with van der Waals surface area (Å²) in [5.41, 5.74) is -2.57. The van der Waals surface area contributed by atoms with Gasteiger partial charge in [0.2, 0.25) is 0 Å². The second-order valence-electron chi connectivity index (χ2n) is 6.54. The zero-order valence-corrected chi connectivity index (χ0v) is 13.9. The van der Waals surface area contributed by atoms with Crippen molar-refractivity contribution in [1.29, 1.82) is 0 Å². The lowest BCUT2D eigenvalue weighted by atomic mass is 9.83. The van der Waals surface area contributed by atoms with Crippen LogP contribution in [0.5, 0.6) is 0 Å². The van der Waals surface area contributed by atoms with Gasteiger partial charge in [-0.05, 0) is 33.6 Å². The molecular formula is C15H20F6O4. The van der Waals surface area contributed by atoms with Crippen LogP contribution < -0.4 is 0 Å². The predicted molar refractivity (Wildman–Crippen MR) is 75.6 cm³/mol. The average Bonchev–Trinajstić information content (AvgIpc) is 2.32. The zero-order valence-electron chi connectivity index (χ0n) is 13.9. The van der Waals surface area contributed by atoms with Crippen molar-refractivity contribution in [3.05, 3.63) is 12.2 Å². The van der Waals surface area contributed by atoms with Crippen LogP contribution in [0.25, 0.3) is 0 Å². The van der Waals surface area contributed by atoms with Gasteiger partial charge >= 0.3 is 24.3 Å². The summed E-state index contributed by atoms with van der Waals surface area (Å²) in [5, 5.41) is 9.12. The van der Waals surface area contributed by atoms with Gasteiger partial charge in [-0.1, -0.05) is 6.58 Å². The van der Waals surface area contributed by atoms with E-state index in [-0.39, 0.29) is 0 Å². The number of allylic oxidation sites excluding steroid dienone is 1. The number of halogens is 6. The number of rotatable bonds is 7. The fraction of sp³-hybridized carbons (Fsp3) is 0.733. The molecule has 10 heteroatoms. The van der Waals surface area contributed by atoms with Crippen LogP contribution in [0.3, 0.4) is 0 Å². The molecule has 1 N–H and O–H groups in total. The number of hydrogen-bond acceptors (Lipinski definition) is 3. The van der Waals surface area contributed by atoms with Crippen LogP contribution >= 0.6 is 0 Å². The summed E-state index contributed by atoms with van der Waals surface area (Å²) in [5.74, 6) is -7.05. The highest BCUT2D eigenvalue weighted by Crippen LogP contribution is 2.36. The van der Waals surface area contributed by atoms with Crippen LogP contribution in [-0.4, -0.2) is 35.0 Å². The van der Waals surface area contributed by atoms with E-state index in [1.165, 1.54) is 20.8 Å². The van der Waals surface area contributed by atoms with Crippen molar-refractivity contribution in [3.63, 3.8) is 0 Å². The Morgan fingerprint density at radius 2 is 1.52 bits per heavy atom. The maximum absolute atomic E-state index is 12.7. The van der Waals surface area contributed by atoms with E-state index in [0.29, 0.717) is 0 Å². The maximum Gasteiger partial charge on any atom is 0.412 e. The van der Waals surface area contributed by atoms with Crippen molar-refractivity contribution in [3.8, 4) is 0 Å². The summed E-state index contributed by atoms with van der Waals surface area (Å²) in [6, 6.07) is 0. The molecule has 0 aromatic rings. The number of carboxylic acids is 1. The first-order valence-corrected chi connectivity index (χ1v) is 7.21. The van der Waals surface area contributed by atoms with E-state index < -0.39 is 66.6 Å². The molecule has 0 saturated carbocycles. The minimum absolute atomic E-state index is 1.05. The Hall–Kier alpha value is -1.74. The van der Waals surface area contributed by atoms with E-state index in [9.17, 15) is 35.9 Å². The second-order valence-corrected chi connectivity index (χ2v) is 6.54. The quantitative estimate of drug-likeness (QED) is 0.403. The summed E-state index contributed by atoms with van der Waals surface area (Å²) < 4.78 is 80.0. The van der Waals surface area contributed by atoms with Gasteiger partial charge in [-0.3, -0.25) is 9.59 Å². The smallest absolute Gasteiger partial charge is 0.412 e. The molecule has 2 atom stereocenters. The molecule has 1 unspecified atom stereocenters. The number of alkyl halides is 6. The van der Waals surface area contributed by atoms with Crippen LogP contribution in [0.2, 0.25) is 0 Å². The van der Waals surface area contributed by atoms with E-state index >= 15 is 0 Å². The summed E-state index contributed by atoms with van der Waals surface area (Å²) in [4.78, 5) is 23.4. The first-order valence-electron chi connectivity index (χ1n) is 7.21. The minimum atomic E-state index is -4.91. The van der Waals surface area contributed by atoms with Crippen LogP contribution in [0.4, 0.5) is 26.3 Å². The largest absolute Gasteiger partial charge is 0.481 e. The molecule has 0 aromatic heterocycles. The van der Waals surface area contributed by atoms with Gasteiger partial charge in [-0.25, -0.2) is 0 Å². The van der Waals surface area contributed by atoms with E-state index in [0.717, 1.165) is 0 Å². The highest BCUT2D eigenvalue weighted by Gasteiger charge is 2.43. The zero-order chi connectivity index (χ0) is 20.2. The summed E-state index contributed by atoms with van der Waals surface area (Å²) in [7, 11) is 0. The Morgan fingerprint density at radius 3 is 1.84 bits per heavy atom. The van der Waals surface area contributed by atoms with Crippen molar-refractivity contribution < 1.29 is 45.8 Å². The van der Waals surface area contributed by atoms with Gasteiger partial charge in [-0.2, -0.15) is 26.3 Å². The molecule has 146 valence electrons. The Morgan fingerprint density at radius 1 is 1.04 bits per heavy atom. The molecule has 0 bridgehead atoms. The molecule has 0 saturated heterocycles. The number of carbonyl (C=O) groups is 2. The topological polar surface area (TPSA) is 63.6 Å². The lowest BCUT2D eigenvalue weighted by molar-refractivity contribution is -0.170. The van der Waals surface area contributed by atoms with Crippen molar-refractivity contribution in [2.24, 2.45) is 11.8 Å². The third-order valence-electron chi connectivity index (χ3n) is 3.12. The van der Waals surface area contributed by atoms with Crippen molar-refractivity contribution in [2.45, 2.75) is 58.0 Å². The van der Waals surface area contributed by atoms with Crippen LogP contribution in [0.1, 0.15) is 40.0 Å². The standard InChI is InChI=1S/C15H20F6O4/c1-8(15(19,20)21)7-10(12(24)25-13(2,3)4)9(11(22)23)5-6-14(16,17)18/h9-10H,1,5-7H2,2-4H3,(H,22,23)/t9-,10?/m1/s1. The number of aliphatic carboxylic acids is 1. The molecule has 0 spiro atoms. The lowest BCUT2D eigenvalue weighted by Crippen LogP contribution is -2.37. The molecule has 0 aliphatic heterocycles. The Labute approximate surface area is 140 Å². The van der Waals surface area contributed by atoms with Crippen LogP contribution in [0.15, 0.2) is 12.2 Å². The van der Waals surface area contributed by atoms with Gasteiger partial charge in [0, 0.05) is 12.0 Å². The normalized spacial score (nSPS) is 15.4. The van der Waals surface area contributed by atoms with Gasteiger partial charge in [0.15, 0.2) is 0 Å². The van der Waals surface area contributed by atoms with Gasteiger partial charge in [0.1, 0.15) is 5.60 Å². The molecule has 0 aromatic carbocycles. The maximum atomic E-state index is 12.7. The minimum Gasteiger partial charge on any atom is -0.481 e. The van der Waals surface area contributed by atoms with Gasteiger partial charge in [0.25, 0.3) is 0 Å². The third-order valence-corrected chi connectivity index (χ3v) is 3.12. The Bertz CT molecular complexity index is 502. The van der Waals surface area contributed by atoms with Crippen molar-refractivity contribution >= 4 is 11.9 Å². The molecule has 0 amide bonds. The van der Waals surface area contributed by atoms with Crippen molar-refractivity contribution in [1.82, 2.24) is 0 Å². The van der Waals surface area contributed by atoms with Crippen molar-refractivity contribution in [2.75, 3.05) is 0 Å². The van der Waals surface area contributed by atoms with E-state index in [4.69, 9.17) is 9.84 Å². The molecule has 25 heavy (non-hydrogen) atoms. The summed E-state index contributed by atoms with van der Waals surface area (Å²) >= 11 is 0. The molecule has 0 heterocycles. The fourth-order valence-corrected chi connectivity index (χ4v) is 1.96. The molecular weight excluding hydrogens is 358 g/mol. The van der Waals surface area contributed by atoms with E-state index in [2.05, 4.69) is 6.58 Å². The van der Waals surface area contributed by atoms with Crippen LogP contribution in [-0.2, 0) is 14.3 Å². The number of carboxylic acid groups (broad SMARTS) is 1. The van der Waals surface area contributed by atoms with Gasteiger partial charge < -0.3 is 9.84 Å². The molecule has 0 radical (unpaired) electrons. The molecule has 0 rings (SSSR count). The average molecular weight is 378 g/mol. The molecule has 0 aliphatic carbocycles. The lowest BCUT2D eigenvalue weighted by Gasteiger charge is -2.28. The fourth-order valence-electron chi connectivity index (χ4n) is 1.96. The first-order chi connectivity index (χ1) is 10.9. The number of hydrogen-bond donors (Lipinski definition) is 1. The number of carbonyl (C=O) groups excluding carboxylic acids is 1. The highest BCUT2D eigenvalue weighted by molar-refractivity contribution is 5.81. The Balaban J connectivity index is 5.59. The summed E-state index contributed by atoms with van der Waals surface area (Å²) in [6.07, 6.45) is -13.4. The second kappa shape index (κ2) is 8.09. The predicted octanol–water partition coefficient (Wildman–Crippen LogP) is 4.50. The summed E-state index contributed by atoms with van der Waals surface area (Å²) in [6.45, 7) is 6.93. The number of esters is 1. The monoisotopic (exact) mass is 378 g/mol. The molecule has 4 nitrogen and oxygen atoms in total. The Kier molecular flexibility index (Phi) is 7.53. The van der Waals surface area contributed by atoms with Gasteiger partial charge in [0.05, 0.1) is 11.8 Å². The molecule has 0 aliphatic rings. The van der Waals surface area contributed by atoms with Gasteiger partial charge in [-0.15, -0.1) is 0 Å². The van der Waals surface area contributed by atoms with Crippen LogP contribution in [0, 0.1) is 11.8 Å². The third kappa shape index (κ3) is 9.35. The number of ether oxygens (including phenoxy) is 1. The first kappa shape index (κ1) is 23.3. The molecule has 0 fully saturated rings. The van der Waals surface area contributed by atoms with E-state index in [1.54, 1.807) is 0 Å². The van der Waals surface area contributed by atoms with E-state index in [1.807, 2.05) is 0 Å². The highest BCUT2D eigenvalue weighted by atomic mass is 19.4. The SMILES string of the molecule is C=C(CC(C(=O)OC(C)(C)C)[C@@H](CCC(F)(F)F)C(=O)O)C(F)(F)F.